The second-order valence-corrected chi connectivity index (χ2v) is 5.95. The molecule has 1 aliphatic heterocycles. The first kappa shape index (κ1) is 19.1. The van der Waals surface area contributed by atoms with E-state index in [9.17, 15) is 22.8 Å². The molecule has 1 unspecified atom stereocenters. The molecule has 1 aromatic carbocycles. The highest BCUT2D eigenvalue weighted by atomic mass is 19.4. The SMILES string of the molecule is CCOC(=O)C1(C)CCCCN1C(=O)c1ccccc1OC(F)(F)F. The molecule has 25 heavy (non-hydrogen) atoms. The normalized spacial score (nSPS) is 20.9. The van der Waals surface area contributed by atoms with Gasteiger partial charge in [-0.3, -0.25) is 4.79 Å². The Morgan fingerprint density at radius 2 is 1.92 bits per heavy atom. The second kappa shape index (κ2) is 7.33. The monoisotopic (exact) mass is 359 g/mol. The Bertz CT molecular complexity index is 647. The molecule has 1 amide bonds. The number of hydrogen-bond acceptors (Lipinski definition) is 4. The first-order valence-corrected chi connectivity index (χ1v) is 8.03. The van der Waals surface area contributed by atoms with Crippen LogP contribution in [-0.2, 0) is 9.53 Å². The van der Waals surface area contributed by atoms with Crippen LogP contribution in [0.15, 0.2) is 24.3 Å². The van der Waals surface area contributed by atoms with Gasteiger partial charge in [-0.1, -0.05) is 12.1 Å². The smallest absolute Gasteiger partial charge is 0.464 e. The summed E-state index contributed by atoms with van der Waals surface area (Å²) in [6, 6.07) is 5.12. The average molecular weight is 359 g/mol. The van der Waals surface area contributed by atoms with Gasteiger partial charge in [-0.15, -0.1) is 13.2 Å². The van der Waals surface area contributed by atoms with Gasteiger partial charge >= 0.3 is 12.3 Å². The van der Waals surface area contributed by atoms with Crippen LogP contribution in [0.2, 0.25) is 0 Å². The minimum atomic E-state index is -4.91. The summed E-state index contributed by atoms with van der Waals surface area (Å²) in [6.45, 7) is 3.65. The summed E-state index contributed by atoms with van der Waals surface area (Å²) in [4.78, 5) is 26.5. The number of para-hydroxylation sites is 1. The molecular weight excluding hydrogens is 339 g/mol. The lowest BCUT2D eigenvalue weighted by atomic mass is 9.87. The van der Waals surface area contributed by atoms with Crippen molar-refractivity contribution in [3.05, 3.63) is 29.8 Å². The van der Waals surface area contributed by atoms with Crippen molar-refractivity contribution in [3.8, 4) is 5.75 Å². The van der Waals surface area contributed by atoms with E-state index in [1.165, 1.54) is 23.1 Å². The molecule has 138 valence electrons. The van der Waals surface area contributed by atoms with Gasteiger partial charge in [0.2, 0.25) is 0 Å². The Morgan fingerprint density at radius 1 is 1.24 bits per heavy atom. The molecule has 8 heteroatoms. The van der Waals surface area contributed by atoms with Crippen LogP contribution in [0.4, 0.5) is 13.2 Å². The molecule has 1 aromatic rings. The molecule has 0 bridgehead atoms. The van der Waals surface area contributed by atoms with E-state index in [1.807, 2.05) is 0 Å². The van der Waals surface area contributed by atoms with Crippen molar-refractivity contribution in [3.63, 3.8) is 0 Å². The van der Waals surface area contributed by atoms with Gasteiger partial charge in [-0.05, 0) is 45.2 Å². The Morgan fingerprint density at radius 3 is 2.56 bits per heavy atom. The lowest BCUT2D eigenvalue weighted by molar-refractivity contribution is -0.274. The molecule has 0 spiro atoms. The zero-order valence-electron chi connectivity index (χ0n) is 14.1. The van der Waals surface area contributed by atoms with Crippen molar-refractivity contribution >= 4 is 11.9 Å². The van der Waals surface area contributed by atoms with Gasteiger partial charge in [0.25, 0.3) is 5.91 Å². The number of alkyl halides is 3. The highest BCUT2D eigenvalue weighted by Crippen LogP contribution is 2.34. The van der Waals surface area contributed by atoms with Crippen LogP contribution >= 0.6 is 0 Å². The average Bonchev–Trinajstić information content (AvgIpc) is 2.54. The van der Waals surface area contributed by atoms with Crippen LogP contribution in [0.3, 0.4) is 0 Å². The van der Waals surface area contributed by atoms with Crippen LogP contribution in [0.25, 0.3) is 0 Å². The number of halogens is 3. The van der Waals surface area contributed by atoms with Gasteiger partial charge in [-0.2, -0.15) is 0 Å². The summed E-state index contributed by atoms with van der Waals surface area (Å²) in [5.74, 6) is -1.83. The number of ether oxygens (including phenoxy) is 2. The fraction of sp³-hybridized carbons (Fsp3) is 0.529. The Balaban J connectivity index is 2.36. The Hall–Kier alpha value is -2.25. The van der Waals surface area contributed by atoms with E-state index in [2.05, 4.69) is 4.74 Å². The zero-order valence-corrected chi connectivity index (χ0v) is 14.1. The predicted molar refractivity (Wildman–Crippen MR) is 83.1 cm³/mol. The predicted octanol–water partition coefficient (Wildman–Crippen LogP) is 3.53. The third-order valence-electron chi connectivity index (χ3n) is 4.19. The summed E-state index contributed by atoms with van der Waals surface area (Å²) in [5.41, 5.74) is -1.45. The summed E-state index contributed by atoms with van der Waals surface area (Å²) in [6.07, 6.45) is -3.15. The summed E-state index contributed by atoms with van der Waals surface area (Å²) < 4.78 is 46.8. The molecular formula is C17H20F3NO4. The van der Waals surface area contributed by atoms with E-state index in [1.54, 1.807) is 13.8 Å². The van der Waals surface area contributed by atoms with Crippen LogP contribution < -0.4 is 4.74 Å². The molecule has 1 atom stereocenters. The van der Waals surface area contributed by atoms with Gasteiger partial charge in [0, 0.05) is 6.54 Å². The molecule has 1 aliphatic rings. The molecule has 1 heterocycles. The van der Waals surface area contributed by atoms with Crippen LogP contribution in [0.1, 0.15) is 43.5 Å². The number of benzene rings is 1. The molecule has 0 radical (unpaired) electrons. The van der Waals surface area contributed by atoms with E-state index < -0.39 is 29.5 Å². The van der Waals surface area contributed by atoms with Crippen LogP contribution in [0.5, 0.6) is 5.75 Å². The van der Waals surface area contributed by atoms with E-state index in [-0.39, 0.29) is 18.7 Å². The topological polar surface area (TPSA) is 55.8 Å². The quantitative estimate of drug-likeness (QED) is 0.772. The van der Waals surface area contributed by atoms with Gasteiger partial charge in [0.05, 0.1) is 12.2 Å². The van der Waals surface area contributed by atoms with E-state index in [0.29, 0.717) is 12.8 Å². The minimum absolute atomic E-state index is 0.157. The molecule has 0 saturated carbocycles. The maximum atomic E-state index is 12.9. The molecule has 1 saturated heterocycles. The van der Waals surface area contributed by atoms with Crippen molar-refractivity contribution in [2.75, 3.05) is 13.2 Å². The largest absolute Gasteiger partial charge is 0.573 e. The number of carbonyl (C=O) groups excluding carboxylic acids is 2. The highest BCUT2D eigenvalue weighted by molar-refractivity contribution is 6.00. The maximum Gasteiger partial charge on any atom is 0.573 e. The molecule has 0 N–H and O–H groups in total. The number of carbonyl (C=O) groups is 2. The van der Waals surface area contributed by atoms with Crippen molar-refractivity contribution in [1.82, 2.24) is 4.90 Å². The number of likely N-dealkylation sites (tertiary alicyclic amines) is 1. The number of esters is 1. The third kappa shape index (κ3) is 4.24. The lowest BCUT2D eigenvalue weighted by Crippen LogP contribution is -2.58. The van der Waals surface area contributed by atoms with Crippen molar-refractivity contribution < 1.29 is 32.2 Å². The highest BCUT2D eigenvalue weighted by Gasteiger charge is 2.46. The molecule has 0 aromatic heterocycles. The first-order chi connectivity index (χ1) is 11.7. The summed E-state index contributed by atoms with van der Waals surface area (Å²) in [5, 5.41) is 0. The zero-order chi connectivity index (χ0) is 18.7. The number of amides is 1. The fourth-order valence-electron chi connectivity index (χ4n) is 2.95. The Labute approximate surface area is 143 Å². The minimum Gasteiger partial charge on any atom is -0.464 e. The molecule has 2 rings (SSSR count). The molecule has 1 fully saturated rings. The number of hydrogen-bond donors (Lipinski definition) is 0. The Kier molecular flexibility index (Phi) is 5.59. The number of nitrogens with zero attached hydrogens (tertiary/aromatic N) is 1. The second-order valence-electron chi connectivity index (χ2n) is 5.95. The summed E-state index contributed by atoms with van der Waals surface area (Å²) in [7, 11) is 0. The third-order valence-corrected chi connectivity index (χ3v) is 4.19. The lowest BCUT2D eigenvalue weighted by Gasteiger charge is -2.42. The van der Waals surface area contributed by atoms with Gasteiger partial charge in [-0.25, -0.2) is 4.79 Å². The van der Waals surface area contributed by atoms with Crippen molar-refractivity contribution in [1.29, 1.82) is 0 Å². The fourth-order valence-corrected chi connectivity index (χ4v) is 2.95. The van der Waals surface area contributed by atoms with Gasteiger partial charge < -0.3 is 14.4 Å². The first-order valence-electron chi connectivity index (χ1n) is 8.03. The standard InChI is InChI=1S/C17H20F3NO4/c1-3-24-15(23)16(2)10-6-7-11-21(16)14(22)12-8-4-5-9-13(12)25-17(18,19)20/h4-5,8-9H,3,6-7,10-11H2,1-2H3. The molecule has 0 aliphatic carbocycles. The maximum absolute atomic E-state index is 12.9. The number of rotatable bonds is 4. The van der Waals surface area contributed by atoms with E-state index in [0.717, 1.165) is 12.5 Å². The molecule has 5 nitrogen and oxygen atoms in total. The van der Waals surface area contributed by atoms with Crippen molar-refractivity contribution in [2.24, 2.45) is 0 Å². The number of piperidine rings is 1. The summed E-state index contributed by atoms with van der Waals surface area (Å²) >= 11 is 0. The van der Waals surface area contributed by atoms with E-state index in [4.69, 9.17) is 4.74 Å². The van der Waals surface area contributed by atoms with E-state index >= 15 is 0 Å². The van der Waals surface area contributed by atoms with Crippen molar-refractivity contribution in [2.45, 2.75) is 45.0 Å². The van der Waals surface area contributed by atoms with Gasteiger partial charge in [0.15, 0.2) is 0 Å². The van der Waals surface area contributed by atoms with Gasteiger partial charge in [0.1, 0.15) is 11.3 Å². The van der Waals surface area contributed by atoms with Crippen LogP contribution in [0, 0.1) is 0 Å². The van der Waals surface area contributed by atoms with Crippen LogP contribution in [-0.4, -0.2) is 41.8 Å².